The van der Waals surface area contributed by atoms with Crippen LogP contribution in [-0.4, -0.2) is 61.7 Å². The van der Waals surface area contributed by atoms with Gasteiger partial charge in [0.05, 0.1) is 12.7 Å². The van der Waals surface area contributed by atoms with Crippen LogP contribution < -0.4 is 5.32 Å². The SMILES string of the molecule is CCn1cc(S(=O)(=O)N(C)CC2CNCCO2)nc1C. The Morgan fingerprint density at radius 3 is 2.90 bits per heavy atom. The molecule has 0 amide bonds. The van der Waals surface area contributed by atoms with Crippen molar-refractivity contribution in [3.63, 3.8) is 0 Å². The van der Waals surface area contributed by atoms with E-state index in [-0.39, 0.29) is 11.1 Å². The maximum Gasteiger partial charge on any atom is 0.261 e. The minimum atomic E-state index is -3.56. The Morgan fingerprint density at radius 1 is 1.60 bits per heavy atom. The summed E-state index contributed by atoms with van der Waals surface area (Å²) in [6, 6.07) is 0. The Morgan fingerprint density at radius 2 is 2.35 bits per heavy atom. The van der Waals surface area contributed by atoms with Crippen LogP contribution in [0.25, 0.3) is 0 Å². The zero-order chi connectivity index (χ0) is 14.8. The third kappa shape index (κ3) is 3.20. The summed E-state index contributed by atoms with van der Waals surface area (Å²) >= 11 is 0. The quantitative estimate of drug-likeness (QED) is 0.816. The molecule has 1 N–H and O–H groups in total. The van der Waals surface area contributed by atoms with Crippen molar-refractivity contribution in [2.24, 2.45) is 0 Å². The van der Waals surface area contributed by atoms with Crippen LogP contribution in [0.1, 0.15) is 12.7 Å². The van der Waals surface area contributed by atoms with E-state index in [1.165, 1.54) is 4.31 Å². The molecular formula is C12H22N4O3S. The number of aryl methyl sites for hydroxylation is 2. The molecule has 1 aliphatic rings. The Hall–Kier alpha value is -0.960. The van der Waals surface area contributed by atoms with Crippen molar-refractivity contribution in [3.05, 3.63) is 12.0 Å². The second-order valence-electron chi connectivity index (χ2n) is 4.89. The zero-order valence-electron chi connectivity index (χ0n) is 12.2. The van der Waals surface area contributed by atoms with Gasteiger partial charge in [0, 0.05) is 39.4 Å². The molecule has 1 unspecified atom stereocenters. The van der Waals surface area contributed by atoms with Crippen molar-refractivity contribution < 1.29 is 13.2 Å². The molecular weight excluding hydrogens is 280 g/mol. The van der Waals surface area contributed by atoms with E-state index in [2.05, 4.69) is 10.3 Å². The van der Waals surface area contributed by atoms with Crippen molar-refractivity contribution in [2.75, 3.05) is 33.3 Å². The van der Waals surface area contributed by atoms with Crippen molar-refractivity contribution in [3.8, 4) is 0 Å². The van der Waals surface area contributed by atoms with Gasteiger partial charge in [-0.15, -0.1) is 0 Å². The van der Waals surface area contributed by atoms with Crippen molar-refractivity contribution >= 4 is 10.0 Å². The van der Waals surface area contributed by atoms with E-state index < -0.39 is 10.0 Å². The average molecular weight is 302 g/mol. The molecule has 1 aliphatic heterocycles. The lowest BCUT2D eigenvalue weighted by Gasteiger charge is -2.27. The summed E-state index contributed by atoms with van der Waals surface area (Å²) in [4.78, 5) is 4.14. The predicted molar refractivity (Wildman–Crippen MR) is 75.1 cm³/mol. The Labute approximate surface area is 120 Å². The molecule has 8 heteroatoms. The standard InChI is InChI=1S/C12H22N4O3S/c1-4-16-9-12(14-10(16)2)20(17,18)15(3)8-11-7-13-5-6-19-11/h9,11,13H,4-8H2,1-3H3. The third-order valence-electron chi connectivity index (χ3n) is 3.43. The number of aromatic nitrogens is 2. The highest BCUT2D eigenvalue weighted by Crippen LogP contribution is 2.15. The minimum Gasteiger partial charge on any atom is -0.374 e. The molecule has 0 spiro atoms. The lowest BCUT2D eigenvalue weighted by atomic mass is 10.3. The van der Waals surface area contributed by atoms with E-state index in [9.17, 15) is 8.42 Å². The topological polar surface area (TPSA) is 76.5 Å². The minimum absolute atomic E-state index is 0.100. The van der Waals surface area contributed by atoms with Gasteiger partial charge < -0.3 is 14.6 Å². The largest absolute Gasteiger partial charge is 0.374 e. The van der Waals surface area contributed by atoms with Crippen LogP contribution in [0.5, 0.6) is 0 Å². The molecule has 1 aromatic heterocycles. The number of imidazole rings is 1. The molecule has 1 atom stereocenters. The molecule has 0 aromatic carbocycles. The number of hydrogen-bond acceptors (Lipinski definition) is 5. The van der Waals surface area contributed by atoms with Gasteiger partial charge in [-0.05, 0) is 13.8 Å². The number of sulfonamides is 1. The summed E-state index contributed by atoms with van der Waals surface area (Å²) < 4.78 is 33.6. The molecule has 20 heavy (non-hydrogen) atoms. The molecule has 0 radical (unpaired) electrons. The van der Waals surface area contributed by atoms with Crippen molar-refractivity contribution in [1.82, 2.24) is 19.2 Å². The Kier molecular flexibility index (Phi) is 4.79. The van der Waals surface area contributed by atoms with E-state index in [1.54, 1.807) is 20.2 Å². The Bertz CT molecular complexity index is 549. The molecule has 0 aliphatic carbocycles. The van der Waals surface area contributed by atoms with E-state index in [1.807, 2.05) is 11.5 Å². The van der Waals surface area contributed by atoms with E-state index in [0.717, 1.165) is 6.54 Å². The van der Waals surface area contributed by atoms with Crippen LogP contribution in [0.4, 0.5) is 0 Å². The summed E-state index contributed by atoms with van der Waals surface area (Å²) in [5.41, 5.74) is 0. The van der Waals surface area contributed by atoms with Gasteiger partial charge in [-0.2, -0.15) is 4.31 Å². The lowest BCUT2D eigenvalue weighted by Crippen LogP contribution is -2.45. The van der Waals surface area contributed by atoms with Gasteiger partial charge in [0.2, 0.25) is 0 Å². The summed E-state index contributed by atoms with van der Waals surface area (Å²) in [5, 5.41) is 3.29. The van der Waals surface area contributed by atoms with Crippen molar-refractivity contribution in [1.29, 1.82) is 0 Å². The lowest BCUT2D eigenvalue weighted by molar-refractivity contribution is 0.0206. The highest BCUT2D eigenvalue weighted by Gasteiger charge is 2.27. The van der Waals surface area contributed by atoms with Gasteiger partial charge in [-0.1, -0.05) is 0 Å². The summed E-state index contributed by atoms with van der Waals surface area (Å²) in [6.45, 7) is 6.88. The van der Waals surface area contributed by atoms with Gasteiger partial charge in [-0.3, -0.25) is 0 Å². The van der Waals surface area contributed by atoms with Gasteiger partial charge in [0.15, 0.2) is 5.03 Å². The number of nitrogens with zero attached hydrogens (tertiary/aromatic N) is 3. The average Bonchev–Trinajstić information content (AvgIpc) is 2.81. The predicted octanol–water partition coefficient (Wildman–Crippen LogP) is -0.180. The fourth-order valence-corrected chi connectivity index (χ4v) is 3.40. The number of ether oxygens (including phenoxy) is 1. The summed E-state index contributed by atoms with van der Waals surface area (Å²) in [5.74, 6) is 0.704. The molecule has 1 saturated heterocycles. The second kappa shape index (κ2) is 6.21. The fraction of sp³-hybridized carbons (Fsp3) is 0.750. The van der Waals surface area contributed by atoms with E-state index in [0.29, 0.717) is 32.1 Å². The van der Waals surface area contributed by atoms with Gasteiger partial charge in [-0.25, -0.2) is 13.4 Å². The van der Waals surface area contributed by atoms with Crippen LogP contribution in [0, 0.1) is 6.92 Å². The molecule has 0 bridgehead atoms. The molecule has 2 heterocycles. The second-order valence-corrected chi connectivity index (χ2v) is 6.89. The highest BCUT2D eigenvalue weighted by atomic mass is 32.2. The van der Waals surface area contributed by atoms with E-state index in [4.69, 9.17) is 4.74 Å². The first-order valence-electron chi connectivity index (χ1n) is 6.77. The number of likely N-dealkylation sites (N-methyl/N-ethyl adjacent to an activating group) is 1. The Balaban J connectivity index is 2.11. The maximum absolute atomic E-state index is 12.5. The molecule has 0 saturated carbocycles. The normalized spacial score (nSPS) is 20.5. The van der Waals surface area contributed by atoms with Crippen molar-refractivity contribution in [2.45, 2.75) is 31.5 Å². The molecule has 1 aromatic rings. The van der Waals surface area contributed by atoms with Crippen LogP contribution in [0.15, 0.2) is 11.2 Å². The number of rotatable bonds is 5. The fourth-order valence-electron chi connectivity index (χ4n) is 2.21. The van der Waals surface area contributed by atoms with Crippen LogP contribution >= 0.6 is 0 Å². The van der Waals surface area contributed by atoms with Crippen LogP contribution in [0.3, 0.4) is 0 Å². The van der Waals surface area contributed by atoms with Gasteiger partial charge in [0.1, 0.15) is 5.82 Å². The number of nitrogens with one attached hydrogen (secondary N) is 1. The van der Waals surface area contributed by atoms with Crippen LogP contribution in [0.2, 0.25) is 0 Å². The monoisotopic (exact) mass is 302 g/mol. The zero-order valence-corrected chi connectivity index (χ0v) is 13.0. The first kappa shape index (κ1) is 15.4. The third-order valence-corrected chi connectivity index (χ3v) is 5.13. The first-order chi connectivity index (χ1) is 9.45. The van der Waals surface area contributed by atoms with Gasteiger partial charge in [0.25, 0.3) is 10.0 Å². The first-order valence-corrected chi connectivity index (χ1v) is 8.21. The molecule has 114 valence electrons. The number of hydrogen-bond donors (Lipinski definition) is 1. The molecule has 7 nitrogen and oxygen atoms in total. The maximum atomic E-state index is 12.5. The molecule has 2 rings (SSSR count). The van der Waals surface area contributed by atoms with Crippen LogP contribution in [-0.2, 0) is 21.3 Å². The summed E-state index contributed by atoms with van der Waals surface area (Å²) in [6.07, 6.45) is 1.47. The van der Waals surface area contributed by atoms with E-state index >= 15 is 0 Å². The number of morpholine rings is 1. The highest BCUT2D eigenvalue weighted by molar-refractivity contribution is 7.89. The molecule has 1 fully saturated rings. The van der Waals surface area contributed by atoms with Gasteiger partial charge >= 0.3 is 0 Å². The smallest absolute Gasteiger partial charge is 0.261 e. The summed E-state index contributed by atoms with van der Waals surface area (Å²) in [7, 11) is -1.99.